The molecular formula is C18H18ClN5O. The summed E-state index contributed by atoms with van der Waals surface area (Å²) >= 11 is 5.99. The lowest BCUT2D eigenvalue weighted by Crippen LogP contribution is -2.05. The Morgan fingerprint density at radius 3 is 2.52 bits per heavy atom. The number of nitrogens with two attached hydrogens (primary N) is 1. The van der Waals surface area contributed by atoms with Crippen molar-refractivity contribution in [2.24, 2.45) is 0 Å². The Balaban J connectivity index is 1.86. The van der Waals surface area contributed by atoms with E-state index in [0.29, 0.717) is 22.3 Å². The molecule has 4 N–H and O–H groups in total. The van der Waals surface area contributed by atoms with Crippen LogP contribution in [0.25, 0.3) is 0 Å². The standard InChI is InChI=1S/C18H18ClN5O/c1-11-8-12(19)6-7-15(11)24-18-16(20)17(21-10-22-18)23-13-4-3-5-14(9-13)25-2/h3-10H,20H2,1-2H3,(H2,21,22,23,24). The van der Waals surface area contributed by atoms with Crippen molar-refractivity contribution in [3.63, 3.8) is 0 Å². The number of nitrogen functional groups attached to an aromatic ring is 1. The molecule has 3 rings (SSSR count). The summed E-state index contributed by atoms with van der Waals surface area (Å²) in [7, 11) is 1.62. The molecule has 3 aromatic rings. The third kappa shape index (κ3) is 3.92. The average Bonchev–Trinajstić information content (AvgIpc) is 2.61. The summed E-state index contributed by atoms with van der Waals surface area (Å²) in [4.78, 5) is 8.45. The minimum atomic E-state index is 0.416. The van der Waals surface area contributed by atoms with Crippen molar-refractivity contribution in [2.45, 2.75) is 6.92 Å². The van der Waals surface area contributed by atoms with Gasteiger partial charge in [-0.05, 0) is 42.8 Å². The molecule has 0 aliphatic heterocycles. The molecule has 0 radical (unpaired) electrons. The van der Waals surface area contributed by atoms with Gasteiger partial charge in [-0.2, -0.15) is 0 Å². The number of nitrogens with zero attached hydrogens (tertiary/aromatic N) is 2. The molecule has 1 aromatic heterocycles. The molecule has 0 aliphatic carbocycles. The molecule has 0 aliphatic rings. The third-order valence-corrected chi connectivity index (χ3v) is 3.89. The molecule has 0 saturated carbocycles. The fourth-order valence-electron chi connectivity index (χ4n) is 2.33. The van der Waals surface area contributed by atoms with E-state index >= 15 is 0 Å². The lowest BCUT2D eigenvalue weighted by Gasteiger charge is -2.14. The Hall–Kier alpha value is -2.99. The molecule has 0 fully saturated rings. The SMILES string of the molecule is COc1cccc(Nc2ncnc(Nc3ccc(Cl)cc3C)c2N)c1. The summed E-state index contributed by atoms with van der Waals surface area (Å²) in [5.41, 5.74) is 9.33. The maximum absolute atomic E-state index is 6.22. The number of methoxy groups -OCH3 is 1. The van der Waals surface area contributed by atoms with Crippen LogP contribution in [0.3, 0.4) is 0 Å². The van der Waals surface area contributed by atoms with Crippen LogP contribution in [0.2, 0.25) is 5.02 Å². The van der Waals surface area contributed by atoms with Crippen LogP contribution in [0.4, 0.5) is 28.7 Å². The van der Waals surface area contributed by atoms with Crippen LogP contribution in [-0.2, 0) is 0 Å². The van der Waals surface area contributed by atoms with Crippen LogP contribution < -0.4 is 21.1 Å². The number of ether oxygens (including phenoxy) is 1. The highest BCUT2D eigenvalue weighted by Gasteiger charge is 2.10. The molecule has 0 unspecified atom stereocenters. The monoisotopic (exact) mass is 355 g/mol. The molecule has 25 heavy (non-hydrogen) atoms. The predicted molar refractivity (Wildman–Crippen MR) is 102 cm³/mol. The minimum absolute atomic E-state index is 0.416. The second-order valence-electron chi connectivity index (χ2n) is 5.43. The number of nitrogens with one attached hydrogen (secondary N) is 2. The van der Waals surface area contributed by atoms with E-state index in [4.69, 9.17) is 22.1 Å². The largest absolute Gasteiger partial charge is 0.497 e. The number of hydrogen-bond donors (Lipinski definition) is 3. The molecule has 7 heteroatoms. The number of anilines is 5. The smallest absolute Gasteiger partial charge is 0.159 e. The van der Waals surface area contributed by atoms with E-state index in [1.165, 1.54) is 6.33 Å². The molecule has 0 spiro atoms. The van der Waals surface area contributed by atoms with Crippen LogP contribution in [0, 0.1) is 6.92 Å². The Bertz CT molecular complexity index is 900. The van der Waals surface area contributed by atoms with Crippen molar-refractivity contribution in [3.8, 4) is 5.75 Å². The first-order valence-corrected chi connectivity index (χ1v) is 7.99. The topological polar surface area (TPSA) is 85.1 Å². The highest BCUT2D eigenvalue weighted by molar-refractivity contribution is 6.30. The molecular weight excluding hydrogens is 338 g/mol. The molecule has 0 saturated heterocycles. The Morgan fingerprint density at radius 2 is 1.80 bits per heavy atom. The maximum Gasteiger partial charge on any atom is 0.159 e. The first-order valence-electron chi connectivity index (χ1n) is 7.61. The van der Waals surface area contributed by atoms with Crippen molar-refractivity contribution < 1.29 is 4.74 Å². The first-order chi connectivity index (χ1) is 12.1. The van der Waals surface area contributed by atoms with Crippen molar-refractivity contribution in [3.05, 3.63) is 59.4 Å². The zero-order valence-electron chi connectivity index (χ0n) is 13.9. The van der Waals surface area contributed by atoms with Crippen molar-refractivity contribution in [1.82, 2.24) is 9.97 Å². The van der Waals surface area contributed by atoms with Gasteiger partial charge in [-0.1, -0.05) is 17.7 Å². The van der Waals surface area contributed by atoms with E-state index in [0.717, 1.165) is 22.7 Å². The van der Waals surface area contributed by atoms with Gasteiger partial charge in [0, 0.05) is 22.5 Å². The number of rotatable bonds is 5. The summed E-state index contributed by atoms with van der Waals surface area (Å²) in [5, 5.41) is 7.08. The maximum atomic E-state index is 6.22. The molecule has 0 bridgehead atoms. The quantitative estimate of drug-likeness (QED) is 0.624. The second kappa shape index (κ2) is 7.27. The van der Waals surface area contributed by atoms with Gasteiger partial charge in [0.25, 0.3) is 0 Å². The third-order valence-electron chi connectivity index (χ3n) is 3.66. The average molecular weight is 356 g/mol. The van der Waals surface area contributed by atoms with E-state index in [2.05, 4.69) is 20.6 Å². The van der Waals surface area contributed by atoms with Crippen LogP contribution >= 0.6 is 11.6 Å². The summed E-state index contributed by atoms with van der Waals surface area (Å²) < 4.78 is 5.22. The number of hydrogen-bond acceptors (Lipinski definition) is 6. The van der Waals surface area contributed by atoms with Gasteiger partial charge in [0.2, 0.25) is 0 Å². The minimum Gasteiger partial charge on any atom is -0.497 e. The highest BCUT2D eigenvalue weighted by atomic mass is 35.5. The van der Waals surface area contributed by atoms with Gasteiger partial charge in [0.1, 0.15) is 17.8 Å². The Kier molecular flexibility index (Phi) is 4.90. The van der Waals surface area contributed by atoms with Gasteiger partial charge in [0.05, 0.1) is 7.11 Å². The zero-order valence-corrected chi connectivity index (χ0v) is 14.6. The van der Waals surface area contributed by atoms with Crippen molar-refractivity contribution in [2.75, 3.05) is 23.5 Å². The molecule has 2 aromatic carbocycles. The molecule has 1 heterocycles. The van der Waals surface area contributed by atoms with Crippen molar-refractivity contribution in [1.29, 1.82) is 0 Å². The molecule has 128 valence electrons. The van der Waals surface area contributed by atoms with Gasteiger partial charge in [-0.15, -0.1) is 0 Å². The van der Waals surface area contributed by atoms with Crippen LogP contribution in [0.5, 0.6) is 5.75 Å². The first kappa shape index (κ1) is 16.9. The van der Waals surface area contributed by atoms with Gasteiger partial charge in [0.15, 0.2) is 11.6 Å². The van der Waals surface area contributed by atoms with Crippen molar-refractivity contribution >= 4 is 40.3 Å². The van der Waals surface area contributed by atoms with Gasteiger partial charge < -0.3 is 21.1 Å². The summed E-state index contributed by atoms with van der Waals surface area (Å²) in [5.74, 6) is 1.77. The van der Waals surface area contributed by atoms with E-state index in [-0.39, 0.29) is 0 Å². The Morgan fingerprint density at radius 1 is 1.04 bits per heavy atom. The Labute approximate surface area is 151 Å². The van der Waals surface area contributed by atoms with E-state index in [9.17, 15) is 0 Å². The summed E-state index contributed by atoms with van der Waals surface area (Å²) in [6.07, 6.45) is 1.45. The van der Waals surface area contributed by atoms with Crippen LogP contribution in [0.1, 0.15) is 5.56 Å². The summed E-state index contributed by atoms with van der Waals surface area (Å²) in [6, 6.07) is 13.1. The predicted octanol–water partition coefficient (Wildman–Crippen LogP) is 4.52. The number of aryl methyl sites for hydroxylation is 1. The number of halogens is 1. The van der Waals surface area contributed by atoms with Gasteiger partial charge in [-0.3, -0.25) is 0 Å². The fourth-order valence-corrected chi connectivity index (χ4v) is 2.55. The summed E-state index contributed by atoms with van der Waals surface area (Å²) in [6.45, 7) is 1.96. The molecule has 0 amide bonds. The van der Waals surface area contributed by atoms with E-state index in [1.54, 1.807) is 7.11 Å². The molecule has 0 atom stereocenters. The zero-order chi connectivity index (χ0) is 17.8. The lowest BCUT2D eigenvalue weighted by molar-refractivity contribution is 0.415. The molecule has 6 nitrogen and oxygen atoms in total. The van der Waals surface area contributed by atoms with Crippen LogP contribution in [0.15, 0.2) is 48.8 Å². The lowest BCUT2D eigenvalue weighted by atomic mass is 10.2. The second-order valence-corrected chi connectivity index (χ2v) is 5.86. The number of aromatic nitrogens is 2. The van der Waals surface area contributed by atoms with Gasteiger partial charge in [-0.25, -0.2) is 9.97 Å². The highest BCUT2D eigenvalue weighted by Crippen LogP contribution is 2.30. The van der Waals surface area contributed by atoms with Crippen LogP contribution in [-0.4, -0.2) is 17.1 Å². The normalized spacial score (nSPS) is 10.4. The fraction of sp³-hybridized carbons (Fsp3) is 0.111. The van der Waals surface area contributed by atoms with E-state index in [1.807, 2.05) is 49.4 Å². The number of benzene rings is 2. The van der Waals surface area contributed by atoms with E-state index < -0.39 is 0 Å². The van der Waals surface area contributed by atoms with Gasteiger partial charge >= 0.3 is 0 Å².